The number of benzene rings is 3. The molecule has 6 aromatic rings. The highest BCUT2D eigenvalue weighted by molar-refractivity contribution is 7.13. The number of halogens is 2. The first-order valence-electron chi connectivity index (χ1n) is 26.4. The number of carbonyl (C=O) groups is 3. The summed E-state index contributed by atoms with van der Waals surface area (Å²) in [4.78, 5) is 67.0. The van der Waals surface area contributed by atoms with E-state index < -0.39 is 41.1 Å². The van der Waals surface area contributed by atoms with Crippen LogP contribution in [0, 0.1) is 24.0 Å². The van der Waals surface area contributed by atoms with Crippen LogP contribution >= 0.6 is 11.3 Å². The predicted molar refractivity (Wildman–Crippen MR) is 289 cm³/mol. The minimum Gasteiger partial charge on any atom is -0.508 e. The number of carbonyl (C=O) groups excluding carboxylic acids is 3. The fraction of sp³-hybridized carbons (Fsp3) is 0.456. The van der Waals surface area contributed by atoms with Crippen LogP contribution in [0.15, 0.2) is 78.6 Å². The number of nitrogens with one attached hydrogen (secondary N) is 3. The second-order valence-electron chi connectivity index (χ2n) is 22.0. The number of phenols is 1. The molecule has 4 aliphatic heterocycles. The third kappa shape index (κ3) is 11.0. The number of aliphatic hydroxyl groups excluding tert-OH is 1. The Morgan fingerprint density at radius 1 is 0.974 bits per heavy atom. The molecular formula is C57H66F2N10O6S. The number of aryl methyl sites for hydroxylation is 1. The number of hydrogen-bond acceptors (Lipinski definition) is 14. The van der Waals surface area contributed by atoms with Gasteiger partial charge in [-0.25, -0.2) is 13.8 Å². The van der Waals surface area contributed by atoms with Gasteiger partial charge in [-0.2, -0.15) is 9.97 Å². The Balaban J connectivity index is 0.776. The van der Waals surface area contributed by atoms with E-state index in [1.165, 1.54) is 35.4 Å². The lowest BCUT2D eigenvalue weighted by Crippen LogP contribution is -2.57. The van der Waals surface area contributed by atoms with Gasteiger partial charge in [0.2, 0.25) is 17.7 Å². The van der Waals surface area contributed by atoms with Gasteiger partial charge in [0.1, 0.15) is 46.4 Å². The van der Waals surface area contributed by atoms with Gasteiger partial charge in [-0.15, -0.1) is 11.3 Å². The SMILES string of the molecule is C=C(Oc1nc(N2CC3CCC(C2)N3)c2cnc(-c3cc(O)cc4cccc(F)c34)c(F)c2n1)[C@@H]1CCCN1CCCCC(=O)N[C@H](C(=O)N1C[C@H](O)C[C@H]1C(=O)N[C@@H](C)c1ccc(-c2scnc2C)cc1)C(C)(C)C. The number of phenolic OH excluding ortho intramolecular Hbond substituents is 1. The first-order valence-corrected chi connectivity index (χ1v) is 27.3. The molecule has 5 N–H and O–H groups in total. The van der Waals surface area contributed by atoms with Crippen LogP contribution in [0.4, 0.5) is 14.6 Å². The number of ether oxygens (including phenoxy) is 1. The number of unbranched alkanes of at least 4 members (excludes halogenated alkanes) is 1. The molecule has 16 nitrogen and oxygen atoms in total. The third-order valence-electron chi connectivity index (χ3n) is 15.4. The number of nitrogens with zero attached hydrogens (tertiary/aromatic N) is 7. The number of fused-ring (bicyclic) bond motifs is 4. The Bertz CT molecular complexity index is 3170. The summed E-state index contributed by atoms with van der Waals surface area (Å²) in [6, 6.07) is 13.1. The fourth-order valence-corrected chi connectivity index (χ4v) is 12.3. The summed E-state index contributed by atoms with van der Waals surface area (Å²) in [6.07, 6.45) is 5.69. The van der Waals surface area contributed by atoms with Gasteiger partial charge in [0.05, 0.1) is 39.7 Å². The quantitative estimate of drug-likeness (QED) is 0.0461. The van der Waals surface area contributed by atoms with E-state index in [4.69, 9.17) is 9.72 Å². The zero-order valence-corrected chi connectivity index (χ0v) is 44.4. The topological polar surface area (TPSA) is 198 Å². The molecule has 0 saturated carbocycles. The number of likely N-dealkylation sites (tertiary alicyclic amines) is 2. The molecule has 0 aliphatic carbocycles. The standard InChI is InChI=1S/C57H66F2N10O6S/c1-31(34-15-17-35(18-16-34)51-32(2)61-30-76-51)62-54(73)45-25-40(71)29-69(45)55(74)52(57(4,5)6)64-46(72)14-7-8-21-67-22-10-13-44(67)33(3)75-56-65-50-42(53(66-56)68-27-37-19-20-38(28-68)63-37)26-60-49(48(50)59)41-24-39(70)23-36-11-9-12-43(58)47(36)41/h9,11-12,15-18,23-24,26,30-31,37-38,40,44-45,52,63,70-71H,3,7-8,10,13-14,19-22,25,27-29H2,1-2,4-6H3,(H,62,73)(H,64,72)/t31-,37?,38?,40+,44-,45-,52+/m0/s1. The Morgan fingerprint density at radius 3 is 2.46 bits per heavy atom. The Labute approximate surface area is 445 Å². The molecule has 0 radical (unpaired) electrons. The van der Waals surface area contributed by atoms with Crippen molar-refractivity contribution in [1.82, 2.24) is 45.7 Å². The maximum Gasteiger partial charge on any atom is 0.324 e. The summed E-state index contributed by atoms with van der Waals surface area (Å²) < 4.78 is 38.8. The van der Waals surface area contributed by atoms with Crippen molar-refractivity contribution in [2.24, 2.45) is 5.41 Å². The molecule has 7 heterocycles. The van der Waals surface area contributed by atoms with Gasteiger partial charge in [0.25, 0.3) is 0 Å². The van der Waals surface area contributed by atoms with Gasteiger partial charge in [-0.3, -0.25) is 24.3 Å². The highest BCUT2D eigenvalue weighted by atomic mass is 32.1. The number of anilines is 1. The molecule has 2 bridgehead atoms. The van der Waals surface area contributed by atoms with Crippen LogP contribution in [0.25, 0.3) is 43.4 Å². The minimum atomic E-state index is -0.949. The van der Waals surface area contributed by atoms with Crippen LogP contribution in [0.5, 0.6) is 11.8 Å². The number of aliphatic hydroxyl groups is 1. The number of thiazole rings is 1. The van der Waals surface area contributed by atoms with Crippen molar-refractivity contribution in [2.45, 2.75) is 128 Å². The molecule has 7 atom stereocenters. The summed E-state index contributed by atoms with van der Waals surface area (Å²) in [5, 5.41) is 31.9. The van der Waals surface area contributed by atoms with Crippen molar-refractivity contribution in [1.29, 1.82) is 0 Å². The Hall–Kier alpha value is -6.67. The summed E-state index contributed by atoms with van der Waals surface area (Å²) in [5.74, 6) is -1.76. The van der Waals surface area contributed by atoms with Crippen LogP contribution in [-0.4, -0.2) is 127 Å². The number of aromatic nitrogens is 4. The van der Waals surface area contributed by atoms with E-state index in [0.29, 0.717) is 54.8 Å². The molecule has 19 heteroatoms. The predicted octanol–water partition coefficient (Wildman–Crippen LogP) is 8.10. The van der Waals surface area contributed by atoms with Gasteiger partial charge in [-0.05, 0) is 106 Å². The van der Waals surface area contributed by atoms with E-state index in [1.54, 1.807) is 17.4 Å². The van der Waals surface area contributed by atoms with E-state index >= 15 is 8.78 Å². The molecule has 3 amide bonds. The van der Waals surface area contributed by atoms with E-state index in [1.807, 2.05) is 64.4 Å². The van der Waals surface area contributed by atoms with Crippen molar-refractivity contribution in [3.05, 3.63) is 102 Å². The van der Waals surface area contributed by atoms with Crippen LogP contribution < -0.4 is 25.6 Å². The molecule has 76 heavy (non-hydrogen) atoms. The van der Waals surface area contributed by atoms with Crippen LogP contribution in [0.2, 0.25) is 0 Å². The minimum absolute atomic E-state index is 0.0244. The van der Waals surface area contributed by atoms with Gasteiger partial charge < -0.3 is 40.7 Å². The highest BCUT2D eigenvalue weighted by Gasteiger charge is 2.45. The average Bonchev–Trinajstić information content (AvgIpc) is 4.22. The largest absolute Gasteiger partial charge is 0.508 e. The van der Waals surface area contributed by atoms with E-state index in [9.17, 15) is 24.6 Å². The monoisotopic (exact) mass is 1060 g/mol. The second-order valence-corrected chi connectivity index (χ2v) is 22.8. The van der Waals surface area contributed by atoms with Gasteiger partial charge in [0.15, 0.2) is 5.82 Å². The molecule has 4 fully saturated rings. The smallest absolute Gasteiger partial charge is 0.324 e. The molecule has 2 unspecified atom stereocenters. The van der Waals surface area contributed by atoms with Crippen LogP contribution in [0.1, 0.15) is 96.4 Å². The van der Waals surface area contributed by atoms with Crippen molar-refractivity contribution in [2.75, 3.05) is 37.6 Å². The lowest BCUT2D eigenvalue weighted by molar-refractivity contribution is -0.144. The zero-order chi connectivity index (χ0) is 53.6. The maximum atomic E-state index is 17.1. The first-order chi connectivity index (χ1) is 36.4. The number of amides is 3. The lowest BCUT2D eigenvalue weighted by atomic mass is 9.85. The van der Waals surface area contributed by atoms with Crippen molar-refractivity contribution in [3.63, 3.8) is 0 Å². The summed E-state index contributed by atoms with van der Waals surface area (Å²) in [6.45, 7) is 16.4. The number of β-amino-alcohol motifs (C(OH)–C–C–N with tert-alkyl or cyclic N) is 1. The summed E-state index contributed by atoms with van der Waals surface area (Å²) >= 11 is 1.57. The molecule has 400 valence electrons. The molecule has 4 saturated heterocycles. The van der Waals surface area contributed by atoms with Gasteiger partial charge in [0, 0.05) is 61.7 Å². The van der Waals surface area contributed by atoms with Gasteiger partial charge >= 0.3 is 6.01 Å². The van der Waals surface area contributed by atoms with Crippen molar-refractivity contribution < 1.29 is 38.1 Å². The molecular weight excluding hydrogens is 991 g/mol. The highest BCUT2D eigenvalue weighted by Crippen LogP contribution is 2.39. The fourth-order valence-electron chi connectivity index (χ4n) is 11.5. The zero-order valence-electron chi connectivity index (χ0n) is 43.6. The van der Waals surface area contributed by atoms with Crippen molar-refractivity contribution >= 4 is 56.6 Å². The molecule has 3 aromatic carbocycles. The molecule has 3 aromatic heterocycles. The average molecular weight is 1060 g/mol. The summed E-state index contributed by atoms with van der Waals surface area (Å²) in [7, 11) is 0. The third-order valence-corrected chi connectivity index (χ3v) is 16.4. The lowest BCUT2D eigenvalue weighted by Gasteiger charge is -2.35. The maximum absolute atomic E-state index is 17.1. The van der Waals surface area contributed by atoms with E-state index in [-0.39, 0.29) is 89.3 Å². The van der Waals surface area contributed by atoms with E-state index in [2.05, 4.69) is 47.3 Å². The normalized spacial score (nSPS) is 21.6. The second kappa shape index (κ2) is 21.8. The van der Waals surface area contributed by atoms with Gasteiger partial charge in [-0.1, -0.05) is 63.7 Å². The van der Waals surface area contributed by atoms with Crippen LogP contribution in [-0.2, 0) is 14.4 Å². The Kier molecular flexibility index (Phi) is 15.1. The number of rotatable bonds is 16. The number of aromatic hydroxyl groups is 1. The molecule has 0 spiro atoms. The molecule has 10 rings (SSSR count). The number of piperazine rings is 1. The summed E-state index contributed by atoms with van der Waals surface area (Å²) in [5.41, 5.74) is 3.86. The molecule has 4 aliphatic rings. The Morgan fingerprint density at radius 2 is 1.74 bits per heavy atom. The number of hydrogen-bond donors (Lipinski definition) is 5. The first kappa shape index (κ1) is 52.8. The van der Waals surface area contributed by atoms with Crippen LogP contribution in [0.3, 0.4) is 0 Å². The van der Waals surface area contributed by atoms with Crippen molar-refractivity contribution in [3.8, 4) is 33.5 Å². The number of pyridine rings is 1. The van der Waals surface area contributed by atoms with E-state index in [0.717, 1.165) is 53.9 Å².